The first-order chi connectivity index (χ1) is 7.29. The number of rotatable bonds is 0. The molecule has 0 radical (unpaired) electrons. The zero-order chi connectivity index (χ0) is 14.8. The minimum Gasteiger partial charge on any atom is -0.786 e. The fourth-order valence-electron chi connectivity index (χ4n) is 0. The van der Waals surface area contributed by atoms with E-state index in [1.807, 2.05) is 0 Å². The molecule has 0 bridgehead atoms. The standard InChI is InChI=1S/2C2H2O4.FH2O3P.6Li/c2*3-1(4)2(5)6;1-5(2,3)4;;;;;;/h2*(H,3,4)(H,5,6);(H2,2,3,4);;;;;;/q;;;6*+1/p-6. The van der Waals surface area contributed by atoms with Crippen molar-refractivity contribution in [1.29, 1.82) is 0 Å². The van der Waals surface area contributed by atoms with E-state index in [-0.39, 0.29) is 113 Å². The molecule has 0 spiro atoms. The van der Waals surface area contributed by atoms with Gasteiger partial charge >= 0.3 is 113 Å². The number of carbonyl (C=O) groups is 4. The summed E-state index contributed by atoms with van der Waals surface area (Å²) in [7, 11) is -5.64. The predicted octanol–water partition coefficient (Wildman–Crippen LogP) is -26.2. The summed E-state index contributed by atoms with van der Waals surface area (Å²) in [6.07, 6.45) is 0. The summed E-state index contributed by atoms with van der Waals surface area (Å²) in [6, 6.07) is 0. The van der Waals surface area contributed by atoms with Crippen LogP contribution in [0, 0.1) is 0 Å². The summed E-state index contributed by atoms with van der Waals surface area (Å²) >= 11 is 0. The normalized spacial score (nSPS) is 6.39. The minimum absolute atomic E-state index is 0. The molecule has 0 aliphatic carbocycles. The minimum atomic E-state index is -5.64. The van der Waals surface area contributed by atoms with E-state index in [2.05, 4.69) is 0 Å². The van der Waals surface area contributed by atoms with Gasteiger partial charge in [-0.05, 0) is 0 Å². The maximum Gasteiger partial charge on any atom is 1.00 e. The maximum atomic E-state index is 10.1. The Balaban J connectivity index is -0.0000000162. The van der Waals surface area contributed by atoms with Crippen molar-refractivity contribution in [3.05, 3.63) is 0 Å². The smallest absolute Gasteiger partial charge is 0.786 e. The molecule has 0 heterocycles. The van der Waals surface area contributed by atoms with Crippen molar-refractivity contribution in [3.63, 3.8) is 0 Å². The molecule has 0 saturated heterocycles. The first kappa shape index (κ1) is 56.3. The van der Waals surface area contributed by atoms with Gasteiger partial charge in [0.25, 0.3) is 0 Å². The molecule has 23 heavy (non-hydrogen) atoms. The Hall–Kier alpha value is 1.54. The zero-order valence-corrected chi connectivity index (χ0v) is 14.2. The molecule has 0 amide bonds. The largest absolute Gasteiger partial charge is 1.00 e. The third kappa shape index (κ3) is 120. The van der Waals surface area contributed by atoms with Crippen molar-refractivity contribution >= 4 is 31.8 Å². The third-order valence-electron chi connectivity index (χ3n) is 0.333. The van der Waals surface area contributed by atoms with Crippen LogP contribution in [0.4, 0.5) is 4.20 Å². The molecule has 100 valence electrons. The van der Waals surface area contributed by atoms with Crippen molar-refractivity contribution in [3.8, 4) is 0 Å². The van der Waals surface area contributed by atoms with Crippen LogP contribution >= 0.6 is 7.91 Å². The first-order valence-electron chi connectivity index (χ1n) is 2.85. The number of hydrogen-bond donors (Lipinski definition) is 0. The van der Waals surface area contributed by atoms with Gasteiger partial charge in [0.2, 0.25) is 0 Å². The number of aliphatic carboxylic acids is 4. The van der Waals surface area contributed by atoms with E-state index in [1.54, 1.807) is 0 Å². The van der Waals surface area contributed by atoms with Gasteiger partial charge in [0.05, 0.1) is 23.9 Å². The fraction of sp³-hybridized carbons (Fsp3) is 0. The van der Waals surface area contributed by atoms with Crippen LogP contribution in [0.15, 0.2) is 0 Å². The second kappa shape index (κ2) is 31.3. The predicted molar refractivity (Wildman–Crippen MR) is 28.7 cm³/mol. The van der Waals surface area contributed by atoms with Crippen LogP contribution in [0.25, 0.3) is 0 Å². The first-order valence-corrected chi connectivity index (χ1v) is 4.28. The molecule has 0 atom stereocenters. The second-order valence-electron chi connectivity index (χ2n) is 1.58. The molecule has 0 aromatic carbocycles. The molecule has 0 fully saturated rings. The summed E-state index contributed by atoms with van der Waals surface area (Å²) in [5.41, 5.74) is 0. The summed E-state index contributed by atoms with van der Waals surface area (Å²) in [6.45, 7) is 0. The molecule has 0 saturated carbocycles. The number of carboxylic acids is 4. The Labute approximate surface area is 201 Å². The molecule has 0 N–H and O–H groups in total. The Morgan fingerprint density at radius 2 is 0.609 bits per heavy atom. The Bertz CT molecular complexity index is 304. The molecule has 0 unspecified atom stereocenters. The van der Waals surface area contributed by atoms with E-state index >= 15 is 0 Å². The molecule has 0 aliphatic heterocycles. The second-order valence-corrected chi connectivity index (χ2v) is 2.44. The van der Waals surface area contributed by atoms with Gasteiger partial charge < -0.3 is 54.0 Å². The van der Waals surface area contributed by atoms with Crippen LogP contribution in [0.5, 0.6) is 0 Å². The molecule has 0 rings (SSSR count). The Morgan fingerprint density at radius 1 is 0.565 bits per heavy atom. The fourth-order valence-corrected chi connectivity index (χ4v) is 0. The van der Waals surface area contributed by atoms with E-state index in [4.69, 9.17) is 54.0 Å². The van der Waals surface area contributed by atoms with Gasteiger partial charge in [-0.2, -0.15) is 0 Å². The molecule has 0 aliphatic rings. The summed E-state index contributed by atoms with van der Waals surface area (Å²) in [5.74, 6) is -8.74. The van der Waals surface area contributed by atoms with Gasteiger partial charge in [-0.15, -0.1) is 0 Å². The molecule has 0 aromatic heterocycles. The topological polar surface area (TPSA) is 224 Å². The quantitative estimate of drug-likeness (QED) is 0.231. The molecule has 19 heteroatoms. The van der Waals surface area contributed by atoms with E-state index in [9.17, 15) is 4.20 Å². The van der Waals surface area contributed by atoms with E-state index in [1.165, 1.54) is 0 Å². The molecule has 11 nitrogen and oxygen atoms in total. The van der Waals surface area contributed by atoms with Crippen molar-refractivity contribution in [2.45, 2.75) is 0 Å². The van der Waals surface area contributed by atoms with Crippen LogP contribution < -0.4 is 143 Å². The summed E-state index contributed by atoms with van der Waals surface area (Å²) in [5, 5.41) is 35.7. The average molecular weight is 316 g/mol. The zero-order valence-electron chi connectivity index (χ0n) is 13.3. The Kier molecular flexibility index (Phi) is 76.7. The van der Waals surface area contributed by atoms with Crippen molar-refractivity contribution in [1.82, 2.24) is 0 Å². The van der Waals surface area contributed by atoms with Crippen molar-refractivity contribution in [2.75, 3.05) is 0 Å². The number of carboxylic acid groups (broad SMARTS) is 4. The van der Waals surface area contributed by atoms with Crippen LogP contribution in [-0.2, 0) is 23.7 Å². The van der Waals surface area contributed by atoms with E-state index < -0.39 is 31.8 Å². The molecule has 0 aromatic rings. The molecular formula is C4FLi6O11P. The third-order valence-corrected chi connectivity index (χ3v) is 0.333. The van der Waals surface area contributed by atoms with Crippen LogP contribution in [0.2, 0.25) is 0 Å². The van der Waals surface area contributed by atoms with Gasteiger partial charge in [0.15, 0.2) is 0 Å². The maximum absolute atomic E-state index is 10.1. The van der Waals surface area contributed by atoms with Crippen molar-refractivity contribution < 1.29 is 171 Å². The van der Waals surface area contributed by atoms with Gasteiger partial charge in [-0.3, -0.25) is 0 Å². The number of carbonyl (C=O) groups excluding carboxylic acids is 4. The van der Waals surface area contributed by atoms with Gasteiger partial charge in [-0.1, -0.05) is 0 Å². The number of hydrogen-bond acceptors (Lipinski definition) is 11. The van der Waals surface area contributed by atoms with Gasteiger partial charge in [0.1, 0.15) is 7.91 Å². The van der Waals surface area contributed by atoms with E-state index in [0.29, 0.717) is 0 Å². The molecular weight excluding hydrogens is 316 g/mol. The van der Waals surface area contributed by atoms with Gasteiger partial charge in [0, 0.05) is 0 Å². The van der Waals surface area contributed by atoms with Gasteiger partial charge in [-0.25, -0.2) is 4.20 Å². The monoisotopic (exact) mass is 316 g/mol. The average Bonchev–Trinajstić information content (AvgIpc) is 2.01. The van der Waals surface area contributed by atoms with Crippen LogP contribution in [0.1, 0.15) is 0 Å². The van der Waals surface area contributed by atoms with Crippen LogP contribution in [-0.4, -0.2) is 23.9 Å². The Morgan fingerprint density at radius 3 is 0.609 bits per heavy atom. The number of halogens is 1. The SMILES string of the molecule is O=C([O-])C(=O)[O-].O=C([O-])C(=O)[O-].O=P([O-])([O-])F.[Li+].[Li+].[Li+].[Li+].[Li+].[Li+]. The van der Waals surface area contributed by atoms with Crippen molar-refractivity contribution in [2.24, 2.45) is 0 Å². The summed E-state index contributed by atoms with van der Waals surface area (Å²) < 4.78 is 18.6. The van der Waals surface area contributed by atoms with Crippen LogP contribution in [0.3, 0.4) is 0 Å². The van der Waals surface area contributed by atoms with E-state index in [0.717, 1.165) is 0 Å². The summed E-state index contributed by atoms with van der Waals surface area (Å²) in [4.78, 5) is 52.6.